The SMILES string of the molecule is C=C(C)c1cccc(C(C)(C)NC(=O)Nc2ccc3c(c2)N(Cc2ccccc2)C(=O)C(C)O3)c1. The van der Waals surface area contributed by atoms with Gasteiger partial charge in [-0.3, -0.25) is 4.79 Å². The van der Waals surface area contributed by atoms with E-state index in [0.717, 1.165) is 22.3 Å². The lowest BCUT2D eigenvalue weighted by Gasteiger charge is -2.33. The molecule has 0 saturated heterocycles. The maximum absolute atomic E-state index is 12.9. The van der Waals surface area contributed by atoms with Crippen molar-refractivity contribution in [2.45, 2.75) is 45.9 Å². The zero-order valence-electron chi connectivity index (χ0n) is 20.6. The monoisotopic (exact) mass is 469 g/mol. The summed E-state index contributed by atoms with van der Waals surface area (Å²) in [6, 6.07) is 22.8. The highest BCUT2D eigenvalue weighted by molar-refractivity contribution is 6.01. The van der Waals surface area contributed by atoms with Crippen LogP contribution in [0.3, 0.4) is 0 Å². The van der Waals surface area contributed by atoms with Gasteiger partial charge in [0.15, 0.2) is 6.10 Å². The number of carbonyl (C=O) groups is 2. The largest absolute Gasteiger partial charge is 0.479 e. The molecule has 0 bridgehead atoms. The Balaban J connectivity index is 1.53. The molecule has 6 nitrogen and oxygen atoms in total. The normalized spacial score (nSPS) is 15.1. The Labute approximate surface area is 206 Å². The maximum Gasteiger partial charge on any atom is 0.319 e. The summed E-state index contributed by atoms with van der Waals surface area (Å²) < 4.78 is 5.81. The van der Waals surface area contributed by atoms with Gasteiger partial charge in [0.1, 0.15) is 5.75 Å². The second-order valence-electron chi connectivity index (χ2n) is 9.42. The van der Waals surface area contributed by atoms with Gasteiger partial charge in [0.25, 0.3) is 5.91 Å². The van der Waals surface area contributed by atoms with E-state index in [1.165, 1.54) is 0 Å². The third-order valence-corrected chi connectivity index (χ3v) is 6.11. The highest BCUT2D eigenvalue weighted by Crippen LogP contribution is 2.37. The fourth-order valence-corrected chi connectivity index (χ4v) is 4.11. The lowest BCUT2D eigenvalue weighted by Crippen LogP contribution is -2.44. The van der Waals surface area contributed by atoms with Gasteiger partial charge in [0.2, 0.25) is 0 Å². The molecule has 0 spiro atoms. The van der Waals surface area contributed by atoms with Gasteiger partial charge < -0.3 is 20.3 Å². The molecule has 2 N–H and O–H groups in total. The number of allylic oxidation sites excluding steroid dienone is 1. The van der Waals surface area contributed by atoms with Crippen LogP contribution in [0.25, 0.3) is 5.57 Å². The van der Waals surface area contributed by atoms with Crippen molar-refractivity contribution >= 4 is 28.9 Å². The number of carbonyl (C=O) groups excluding carboxylic acids is 2. The lowest BCUT2D eigenvalue weighted by atomic mass is 9.92. The summed E-state index contributed by atoms with van der Waals surface area (Å²) >= 11 is 0. The van der Waals surface area contributed by atoms with Crippen molar-refractivity contribution in [1.29, 1.82) is 0 Å². The van der Waals surface area contributed by atoms with Crippen LogP contribution in [0, 0.1) is 0 Å². The predicted octanol–water partition coefficient (Wildman–Crippen LogP) is 6.09. The number of urea groups is 1. The van der Waals surface area contributed by atoms with E-state index in [9.17, 15) is 9.59 Å². The number of hydrogen-bond donors (Lipinski definition) is 2. The molecule has 4 rings (SSSR count). The third-order valence-electron chi connectivity index (χ3n) is 6.11. The first-order valence-corrected chi connectivity index (χ1v) is 11.7. The summed E-state index contributed by atoms with van der Waals surface area (Å²) in [5.74, 6) is 0.484. The number of rotatable bonds is 6. The van der Waals surface area contributed by atoms with E-state index < -0.39 is 11.6 Å². The molecule has 1 unspecified atom stereocenters. The van der Waals surface area contributed by atoms with E-state index in [1.54, 1.807) is 30.0 Å². The van der Waals surface area contributed by atoms with Gasteiger partial charge >= 0.3 is 6.03 Å². The van der Waals surface area contributed by atoms with Crippen LogP contribution in [0.4, 0.5) is 16.2 Å². The number of anilines is 2. The topological polar surface area (TPSA) is 70.7 Å². The second kappa shape index (κ2) is 9.66. The standard InChI is InChI=1S/C29H31N3O3/c1-19(2)22-12-9-13-23(16-22)29(4,5)31-28(34)30-24-14-15-26-25(17-24)32(27(33)20(3)35-26)18-21-10-7-6-8-11-21/h6-17,20H,1,18H2,2-5H3,(H2,30,31,34). The van der Waals surface area contributed by atoms with E-state index in [1.807, 2.05) is 75.4 Å². The van der Waals surface area contributed by atoms with E-state index in [-0.39, 0.29) is 11.9 Å². The number of hydrogen-bond acceptors (Lipinski definition) is 3. The van der Waals surface area contributed by atoms with Crippen molar-refractivity contribution < 1.29 is 14.3 Å². The highest BCUT2D eigenvalue weighted by atomic mass is 16.5. The molecule has 0 fully saturated rings. The minimum absolute atomic E-state index is 0.124. The van der Waals surface area contributed by atoms with E-state index in [4.69, 9.17) is 4.74 Å². The molecule has 0 saturated carbocycles. The molecule has 0 radical (unpaired) electrons. The van der Waals surface area contributed by atoms with Crippen LogP contribution in [-0.2, 0) is 16.9 Å². The molecular weight excluding hydrogens is 438 g/mol. The van der Waals surface area contributed by atoms with Crippen molar-refractivity contribution in [3.8, 4) is 5.75 Å². The number of ether oxygens (including phenoxy) is 1. The van der Waals surface area contributed by atoms with Crippen LogP contribution >= 0.6 is 0 Å². The zero-order chi connectivity index (χ0) is 25.2. The molecule has 180 valence electrons. The second-order valence-corrected chi connectivity index (χ2v) is 9.42. The molecule has 0 aromatic heterocycles. The van der Waals surface area contributed by atoms with Gasteiger partial charge in [-0.15, -0.1) is 0 Å². The van der Waals surface area contributed by atoms with Crippen LogP contribution in [0.5, 0.6) is 5.75 Å². The zero-order valence-corrected chi connectivity index (χ0v) is 20.6. The lowest BCUT2D eigenvalue weighted by molar-refractivity contribution is -0.125. The number of nitrogens with one attached hydrogen (secondary N) is 2. The van der Waals surface area contributed by atoms with Gasteiger partial charge in [0.05, 0.1) is 17.8 Å². The van der Waals surface area contributed by atoms with Gasteiger partial charge in [-0.05, 0) is 68.7 Å². The molecule has 1 heterocycles. The Morgan fingerprint density at radius 2 is 1.80 bits per heavy atom. The summed E-state index contributed by atoms with van der Waals surface area (Å²) in [6.45, 7) is 12.0. The van der Waals surface area contributed by atoms with Crippen molar-refractivity contribution in [1.82, 2.24) is 5.32 Å². The number of benzene rings is 3. The summed E-state index contributed by atoms with van der Waals surface area (Å²) in [5.41, 5.74) is 4.56. The predicted molar refractivity (Wildman–Crippen MR) is 140 cm³/mol. The molecule has 1 aliphatic rings. The van der Waals surface area contributed by atoms with Crippen LogP contribution in [0.1, 0.15) is 44.4 Å². The van der Waals surface area contributed by atoms with Crippen LogP contribution < -0.4 is 20.3 Å². The van der Waals surface area contributed by atoms with Gasteiger partial charge in [-0.2, -0.15) is 0 Å². The van der Waals surface area contributed by atoms with Crippen molar-refractivity contribution in [2.75, 3.05) is 10.2 Å². The average molecular weight is 470 g/mol. The molecule has 3 aromatic rings. The molecular formula is C29H31N3O3. The highest BCUT2D eigenvalue weighted by Gasteiger charge is 2.32. The van der Waals surface area contributed by atoms with Gasteiger partial charge in [0, 0.05) is 5.69 Å². The number of amides is 3. The molecule has 3 amide bonds. The van der Waals surface area contributed by atoms with Crippen LogP contribution in [-0.4, -0.2) is 18.0 Å². The maximum atomic E-state index is 12.9. The van der Waals surface area contributed by atoms with Gasteiger partial charge in [-0.25, -0.2) is 4.79 Å². The fourth-order valence-electron chi connectivity index (χ4n) is 4.11. The summed E-state index contributed by atoms with van der Waals surface area (Å²) in [6.07, 6.45) is -0.580. The Kier molecular flexibility index (Phi) is 6.65. The smallest absolute Gasteiger partial charge is 0.319 e. The molecule has 1 atom stereocenters. The first-order valence-electron chi connectivity index (χ1n) is 11.7. The Bertz CT molecular complexity index is 1270. The van der Waals surface area contributed by atoms with Crippen molar-refractivity contribution in [3.63, 3.8) is 0 Å². The first-order chi connectivity index (χ1) is 16.6. The fraction of sp³-hybridized carbons (Fsp3) is 0.241. The van der Waals surface area contributed by atoms with Crippen LogP contribution in [0.2, 0.25) is 0 Å². The minimum Gasteiger partial charge on any atom is -0.479 e. The summed E-state index contributed by atoms with van der Waals surface area (Å²) in [5, 5.41) is 5.95. The van der Waals surface area contributed by atoms with E-state index in [2.05, 4.69) is 17.2 Å². The Morgan fingerprint density at radius 1 is 1.06 bits per heavy atom. The summed E-state index contributed by atoms with van der Waals surface area (Å²) in [7, 11) is 0. The number of nitrogens with zero attached hydrogens (tertiary/aromatic N) is 1. The quantitative estimate of drug-likeness (QED) is 0.459. The first kappa shape index (κ1) is 24.1. The van der Waals surface area contributed by atoms with Crippen molar-refractivity contribution in [3.05, 3.63) is 96.1 Å². The van der Waals surface area contributed by atoms with Crippen molar-refractivity contribution in [2.24, 2.45) is 0 Å². The third kappa shape index (κ3) is 5.38. The molecule has 0 aliphatic carbocycles. The number of fused-ring (bicyclic) bond motifs is 1. The van der Waals surface area contributed by atoms with Gasteiger partial charge in [-0.1, -0.05) is 60.7 Å². The Morgan fingerprint density at radius 3 is 2.51 bits per heavy atom. The van der Waals surface area contributed by atoms with E-state index in [0.29, 0.717) is 23.7 Å². The average Bonchev–Trinajstić information content (AvgIpc) is 2.82. The Hall–Kier alpha value is -4.06. The molecule has 3 aromatic carbocycles. The molecule has 35 heavy (non-hydrogen) atoms. The summed E-state index contributed by atoms with van der Waals surface area (Å²) in [4.78, 5) is 27.6. The van der Waals surface area contributed by atoms with Crippen LogP contribution in [0.15, 0.2) is 79.4 Å². The molecule has 6 heteroatoms. The van der Waals surface area contributed by atoms with E-state index >= 15 is 0 Å². The minimum atomic E-state index is -0.613. The molecule has 1 aliphatic heterocycles.